The third-order valence-electron chi connectivity index (χ3n) is 5.91. The predicted molar refractivity (Wildman–Crippen MR) is 128 cm³/mol. The largest absolute Gasteiger partial charge is 0.478 e. The van der Waals surface area contributed by atoms with Crippen molar-refractivity contribution in [1.82, 2.24) is 0 Å². The number of carbonyl (C=O) groups excluding carboxylic acids is 1. The summed E-state index contributed by atoms with van der Waals surface area (Å²) in [5.41, 5.74) is 0.131. The fraction of sp³-hybridized carbons (Fsp3) is 0.704. The molecule has 1 rings (SSSR count). The Kier molecular flexibility index (Phi) is 14.7. The summed E-state index contributed by atoms with van der Waals surface area (Å²) < 4.78 is 5.59. The van der Waals surface area contributed by atoms with Gasteiger partial charge in [-0.1, -0.05) is 104 Å². The van der Waals surface area contributed by atoms with Gasteiger partial charge in [0.2, 0.25) is 0 Å². The van der Waals surface area contributed by atoms with Gasteiger partial charge in [0.05, 0.1) is 11.1 Å². The van der Waals surface area contributed by atoms with E-state index < -0.39 is 11.9 Å². The Morgan fingerprint density at radius 3 is 1.68 bits per heavy atom. The number of hydrogen-bond donors (Lipinski definition) is 1. The molecule has 0 aliphatic heterocycles. The van der Waals surface area contributed by atoms with E-state index in [9.17, 15) is 14.7 Å². The van der Waals surface area contributed by atoms with Crippen LogP contribution in [0.5, 0.6) is 0 Å². The average Bonchev–Trinajstić information content (AvgIpc) is 2.75. The minimum absolute atomic E-state index is 0.00193. The molecule has 1 unspecified atom stereocenters. The first-order valence-corrected chi connectivity index (χ1v) is 12.5. The molecule has 176 valence electrons. The maximum atomic E-state index is 12.4. The van der Waals surface area contributed by atoms with E-state index in [0.717, 1.165) is 31.6 Å². The lowest BCUT2D eigenvalue weighted by Gasteiger charge is -2.17. The summed E-state index contributed by atoms with van der Waals surface area (Å²) in [7, 11) is 0. The number of rotatable bonds is 18. The van der Waals surface area contributed by atoms with Gasteiger partial charge in [0.25, 0.3) is 0 Å². The molecule has 0 bridgehead atoms. The Morgan fingerprint density at radius 2 is 1.23 bits per heavy atom. The van der Waals surface area contributed by atoms with E-state index in [-0.39, 0.29) is 17.2 Å². The van der Waals surface area contributed by atoms with Gasteiger partial charge in [-0.15, -0.1) is 0 Å². The van der Waals surface area contributed by atoms with Gasteiger partial charge in [-0.25, -0.2) is 9.59 Å². The molecule has 4 heteroatoms. The van der Waals surface area contributed by atoms with Crippen molar-refractivity contribution in [3.63, 3.8) is 0 Å². The first-order valence-electron chi connectivity index (χ1n) is 12.5. The van der Waals surface area contributed by atoms with Crippen LogP contribution in [0.25, 0.3) is 0 Å². The smallest absolute Gasteiger partial charge is 0.339 e. The molecule has 0 saturated heterocycles. The van der Waals surface area contributed by atoms with Crippen molar-refractivity contribution in [2.75, 3.05) is 0 Å². The number of benzene rings is 1. The van der Waals surface area contributed by atoms with Crippen LogP contribution in [-0.4, -0.2) is 23.1 Å². The quantitative estimate of drug-likeness (QED) is 0.188. The van der Waals surface area contributed by atoms with Crippen molar-refractivity contribution in [3.8, 4) is 0 Å². The first kappa shape index (κ1) is 27.2. The van der Waals surface area contributed by atoms with Crippen LogP contribution < -0.4 is 0 Å². The van der Waals surface area contributed by atoms with Gasteiger partial charge in [-0.2, -0.15) is 0 Å². The molecule has 0 amide bonds. The summed E-state index contributed by atoms with van der Waals surface area (Å²) in [6.45, 7) is 6.61. The Balaban J connectivity index is 2.09. The molecule has 0 saturated carbocycles. The minimum Gasteiger partial charge on any atom is -0.478 e. The van der Waals surface area contributed by atoms with Crippen LogP contribution in [0.1, 0.15) is 131 Å². The third kappa shape index (κ3) is 12.6. The number of unbranched alkanes of at least 4 members (excludes halogenated alkanes) is 10. The zero-order valence-corrected chi connectivity index (χ0v) is 20.0. The molecule has 0 spiro atoms. The van der Waals surface area contributed by atoms with Crippen molar-refractivity contribution in [1.29, 1.82) is 0 Å². The second-order valence-electron chi connectivity index (χ2n) is 9.15. The lowest BCUT2D eigenvalue weighted by Crippen LogP contribution is -2.19. The molecule has 0 aliphatic carbocycles. The van der Waals surface area contributed by atoms with Crippen LogP contribution in [0.4, 0.5) is 0 Å². The fourth-order valence-corrected chi connectivity index (χ4v) is 3.92. The van der Waals surface area contributed by atoms with E-state index in [1.165, 1.54) is 76.3 Å². The van der Waals surface area contributed by atoms with E-state index in [1.807, 2.05) is 6.92 Å². The molecular formula is C27H44O4. The molecule has 0 fully saturated rings. The van der Waals surface area contributed by atoms with Crippen molar-refractivity contribution in [2.24, 2.45) is 5.92 Å². The van der Waals surface area contributed by atoms with Gasteiger partial charge in [0.1, 0.15) is 6.10 Å². The highest BCUT2D eigenvalue weighted by atomic mass is 16.5. The van der Waals surface area contributed by atoms with Crippen molar-refractivity contribution in [3.05, 3.63) is 35.4 Å². The maximum absolute atomic E-state index is 12.4. The normalized spacial score (nSPS) is 12.1. The highest BCUT2D eigenvalue weighted by Gasteiger charge is 2.20. The lowest BCUT2D eigenvalue weighted by atomic mass is 10.0. The first-order chi connectivity index (χ1) is 15.0. The van der Waals surface area contributed by atoms with Gasteiger partial charge in [0, 0.05) is 0 Å². The van der Waals surface area contributed by atoms with Gasteiger partial charge < -0.3 is 9.84 Å². The van der Waals surface area contributed by atoms with E-state index in [1.54, 1.807) is 12.1 Å². The molecule has 1 atom stereocenters. The van der Waals surface area contributed by atoms with Crippen LogP contribution >= 0.6 is 0 Å². The second kappa shape index (κ2) is 16.8. The van der Waals surface area contributed by atoms with Crippen molar-refractivity contribution < 1.29 is 19.4 Å². The van der Waals surface area contributed by atoms with Crippen LogP contribution in [0.3, 0.4) is 0 Å². The van der Waals surface area contributed by atoms with E-state index >= 15 is 0 Å². The Hall–Kier alpha value is -1.84. The number of carboxylic acids is 1. The number of esters is 1. The maximum Gasteiger partial charge on any atom is 0.339 e. The molecule has 0 radical (unpaired) electrons. The Bertz CT molecular complexity index is 623. The van der Waals surface area contributed by atoms with Crippen molar-refractivity contribution in [2.45, 2.75) is 117 Å². The molecule has 0 heterocycles. The van der Waals surface area contributed by atoms with Crippen molar-refractivity contribution >= 4 is 11.9 Å². The topological polar surface area (TPSA) is 63.6 Å². The highest BCUT2D eigenvalue weighted by Crippen LogP contribution is 2.18. The average molecular weight is 433 g/mol. The summed E-state index contributed by atoms with van der Waals surface area (Å²) >= 11 is 0. The van der Waals surface area contributed by atoms with Crippen LogP contribution in [-0.2, 0) is 4.74 Å². The molecule has 1 N–H and O–H groups in total. The summed E-state index contributed by atoms with van der Waals surface area (Å²) in [6, 6.07) is 6.24. The number of carbonyl (C=O) groups is 2. The summed E-state index contributed by atoms with van der Waals surface area (Å²) in [5.74, 6) is -0.797. The van der Waals surface area contributed by atoms with Gasteiger partial charge >= 0.3 is 11.9 Å². The predicted octanol–water partition coefficient (Wildman–Crippen LogP) is 8.05. The third-order valence-corrected chi connectivity index (χ3v) is 5.91. The van der Waals surface area contributed by atoms with Crippen LogP contribution in [0.15, 0.2) is 24.3 Å². The number of hydrogen-bond acceptors (Lipinski definition) is 3. The fourth-order valence-electron chi connectivity index (χ4n) is 3.92. The zero-order chi connectivity index (χ0) is 22.9. The van der Waals surface area contributed by atoms with E-state index in [0.29, 0.717) is 0 Å². The number of carboxylic acid groups (broad SMARTS) is 1. The summed E-state index contributed by atoms with van der Waals surface area (Å²) in [5, 5.41) is 9.24. The molecule has 4 nitrogen and oxygen atoms in total. The Labute approximate surface area is 189 Å². The number of ether oxygens (including phenoxy) is 1. The second-order valence-corrected chi connectivity index (χ2v) is 9.15. The van der Waals surface area contributed by atoms with E-state index in [2.05, 4.69) is 13.8 Å². The molecule has 0 aromatic heterocycles. The Morgan fingerprint density at radius 1 is 0.774 bits per heavy atom. The summed E-state index contributed by atoms with van der Waals surface area (Å²) in [4.78, 5) is 23.7. The molecule has 1 aromatic rings. The van der Waals surface area contributed by atoms with Gasteiger partial charge in [-0.3, -0.25) is 0 Å². The molecule has 31 heavy (non-hydrogen) atoms. The van der Waals surface area contributed by atoms with Gasteiger partial charge in [-0.05, 0) is 37.3 Å². The molecule has 1 aromatic carbocycles. The molecular weight excluding hydrogens is 388 g/mol. The van der Waals surface area contributed by atoms with Crippen LogP contribution in [0.2, 0.25) is 0 Å². The van der Waals surface area contributed by atoms with Crippen LogP contribution in [0, 0.1) is 5.92 Å². The van der Waals surface area contributed by atoms with E-state index in [4.69, 9.17) is 4.74 Å². The molecule has 0 aliphatic rings. The monoisotopic (exact) mass is 432 g/mol. The standard InChI is InChI=1S/C27H44O4/c1-4-23(31-27(30)25-21-17-16-20-24(25)26(28)29)19-15-13-11-9-7-5-6-8-10-12-14-18-22(2)3/h16-17,20-23H,4-15,18-19H2,1-3H3,(H,28,29). The lowest BCUT2D eigenvalue weighted by molar-refractivity contribution is 0.0262. The number of aromatic carboxylic acids is 1. The minimum atomic E-state index is -1.10. The van der Waals surface area contributed by atoms with Gasteiger partial charge in [0.15, 0.2) is 0 Å². The zero-order valence-electron chi connectivity index (χ0n) is 20.0. The SMILES string of the molecule is CCC(CCCCCCCCCCCCCC(C)C)OC(=O)c1ccccc1C(=O)O. The summed E-state index contributed by atoms with van der Waals surface area (Å²) in [6.07, 6.45) is 17.1. The highest BCUT2D eigenvalue weighted by molar-refractivity contribution is 6.02.